The molecular weight excluding hydrogens is 1650 g/mol. The summed E-state index contributed by atoms with van der Waals surface area (Å²) < 4.78 is 10.2. The number of allylic oxidation sites excluding steroid dienone is 4. The van der Waals surface area contributed by atoms with Crippen molar-refractivity contribution in [1.29, 1.82) is 0 Å². The van der Waals surface area contributed by atoms with Crippen molar-refractivity contribution < 1.29 is 4.42 Å². The fraction of sp³-hybridized carbons (Fsp3) is 0.261. The van der Waals surface area contributed by atoms with E-state index in [0.29, 0.717) is 47.3 Å². The van der Waals surface area contributed by atoms with Gasteiger partial charge in [0.1, 0.15) is 28.9 Å². The van der Waals surface area contributed by atoms with E-state index in [4.69, 9.17) is 14.4 Å². The van der Waals surface area contributed by atoms with Crippen LogP contribution in [0.5, 0.6) is 0 Å². The summed E-state index contributed by atoms with van der Waals surface area (Å²) in [7, 11) is 4.10. The van der Waals surface area contributed by atoms with Crippen molar-refractivity contribution in [3.8, 4) is 45.0 Å². The Kier molecular flexibility index (Phi) is 22.0. The number of hydrogen-bond donors (Lipinski definition) is 5. The summed E-state index contributed by atoms with van der Waals surface area (Å²) in [6.45, 7) is 34.9. The van der Waals surface area contributed by atoms with Crippen molar-refractivity contribution in [2.24, 2.45) is 57.7 Å². The highest BCUT2D eigenvalue weighted by molar-refractivity contribution is 6.29. The van der Waals surface area contributed by atoms with Gasteiger partial charge in [-0.1, -0.05) is 208 Å². The third kappa shape index (κ3) is 15.5. The van der Waals surface area contributed by atoms with E-state index in [1.165, 1.54) is 148 Å². The molecule has 0 bridgehead atoms. The Morgan fingerprint density at radius 1 is 0.284 bits per heavy atom. The average Bonchev–Trinajstić information content (AvgIpc) is 1.51. The van der Waals surface area contributed by atoms with Gasteiger partial charge in [0, 0.05) is 176 Å². The highest BCUT2D eigenvalue weighted by Gasteiger charge is 2.26. The minimum Gasteiger partial charge on any atom is -0.464 e. The number of hydrogen-bond acceptors (Lipinski definition) is 12. The molecule has 0 atom stereocenters. The van der Waals surface area contributed by atoms with Crippen molar-refractivity contribution in [3.05, 3.63) is 272 Å². The van der Waals surface area contributed by atoms with Gasteiger partial charge in [0.15, 0.2) is 0 Å². The molecule has 0 unspecified atom stereocenters. The Labute approximate surface area is 778 Å². The van der Waals surface area contributed by atoms with Crippen LogP contribution in [0.1, 0.15) is 206 Å². The second-order valence-electron chi connectivity index (χ2n) is 39.2. The molecule has 668 valence electrons. The number of H-pyrrole nitrogens is 5. The van der Waals surface area contributed by atoms with Gasteiger partial charge < -0.3 is 33.9 Å². The van der Waals surface area contributed by atoms with E-state index in [-0.39, 0.29) is 0 Å². The number of furan rings is 1. The number of benzene rings is 12. The number of rotatable bonds is 16. The van der Waals surface area contributed by atoms with Gasteiger partial charge in [0.05, 0.1) is 100 Å². The van der Waals surface area contributed by atoms with Crippen LogP contribution >= 0.6 is 0 Å². The Morgan fingerprint density at radius 2 is 0.604 bits per heavy atom. The molecule has 4 aliphatic rings. The van der Waals surface area contributed by atoms with Crippen LogP contribution in [0.2, 0.25) is 0 Å². The van der Waals surface area contributed by atoms with E-state index >= 15 is 0 Å². The Balaban J connectivity index is 0.000000107. The van der Waals surface area contributed by atoms with Crippen LogP contribution < -0.4 is 0 Å². The zero-order valence-electron chi connectivity index (χ0n) is 79.5. The van der Waals surface area contributed by atoms with E-state index < -0.39 is 0 Å². The molecule has 20 aromatic rings. The second kappa shape index (κ2) is 34.4. The van der Waals surface area contributed by atoms with E-state index in [1.807, 2.05) is 73.8 Å². The number of nitrogens with one attached hydrogen (secondary N) is 5. The molecular formula is C115H112N18O. The monoisotopic (exact) mass is 1760 g/mol. The molecule has 0 saturated heterocycles. The van der Waals surface area contributed by atoms with Crippen LogP contribution in [-0.4, -0.2) is 92.0 Å². The zero-order valence-corrected chi connectivity index (χ0v) is 79.5. The van der Waals surface area contributed by atoms with Gasteiger partial charge >= 0.3 is 0 Å². The summed E-state index contributed by atoms with van der Waals surface area (Å²) in [5.41, 5.74) is 30.1. The minimum absolute atomic E-state index is 0.367. The van der Waals surface area contributed by atoms with Crippen molar-refractivity contribution in [2.75, 3.05) is 0 Å². The van der Waals surface area contributed by atoms with Crippen molar-refractivity contribution in [1.82, 2.24) is 69.2 Å². The van der Waals surface area contributed by atoms with E-state index in [1.54, 1.807) is 12.6 Å². The molecule has 0 amide bonds. The Morgan fingerprint density at radius 3 is 0.993 bits per heavy atom. The molecule has 0 radical (unpaired) electrons. The van der Waals surface area contributed by atoms with Crippen LogP contribution in [0.3, 0.4) is 0 Å². The smallest absolute Gasteiger partial charge is 0.142 e. The van der Waals surface area contributed by atoms with Crippen LogP contribution in [0.4, 0.5) is 0 Å². The first-order chi connectivity index (χ1) is 64.8. The molecule has 0 saturated carbocycles. The molecule has 0 spiro atoms. The lowest BCUT2D eigenvalue weighted by Crippen LogP contribution is -2.04. The standard InChI is InChI=1S/2C29H29N5.C29H27N3O.C28H27N5/c1-16(2)26-12-20(13-30-26)18-6-8-21-22-9-7-19(27-15-31-29(33-27)17(3)4)11-24(22)28-25(23(21)10-18)14-32-34(28)5;1-16(2)25-12-20(13-30-25)18-6-8-21-22-9-7-19(26-14-31-29(33-26)17(3)4)11-24(22)28-27(23(21)10-18)32-15-34(28)5;1-16(2)26-13-20(14-30-26)18-5-7-21-22-8-6-19(27-15-31-29(32-27)17(3)4)12-25(22)28-23(9-10-33-28)24(21)11-18;1-15(2)24-11-19(12-29-24)17-5-7-20-21-8-6-18(25-13-30-28(33-25)16(3)4)10-23(21)27-26(22(20)9-17)31-14-32-27/h2*6-11,13-17H,12H2,1-5H3,(H,31,33);5-12,14-17H,13H2,1-4H3,(H,31,32);5-10,12-16H,11H2,1-4H3,(H,30,33)(H,31,32). The molecule has 134 heavy (non-hydrogen) atoms. The third-order valence-corrected chi connectivity index (χ3v) is 27.6. The highest BCUT2D eigenvalue weighted by atomic mass is 16.3. The molecule has 0 fully saturated rings. The second-order valence-corrected chi connectivity index (χ2v) is 39.2. The van der Waals surface area contributed by atoms with Gasteiger partial charge in [0.2, 0.25) is 0 Å². The maximum absolute atomic E-state index is 6.02. The summed E-state index contributed by atoms with van der Waals surface area (Å²) >= 11 is 0. The number of aliphatic imine (C=N–C) groups is 4. The van der Waals surface area contributed by atoms with E-state index in [2.05, 4.69) is 344 Å². The predicted molar refractivity (Wildman–Crippen MR) is 560 cm³/mol. The number of aromatic nitrogens is 14. The maximum Gasteiger partial charge on any atom is 0.142 e. The predicted octanol–water partition coefficient (Wildman–Crippen LogP) is 29.8. The lowest BCUT2D eigenvalue weighted by atomic mass is 9.92. The van der Waals surface area contributed by atoms with Gasteiger partial charge in [-0.05, 0) is 177 Å². The van der Waals surface area contributed by atoms with E-state index in [9.17, 15) is 0 Å². The van der Waals surface area contributed by atoms with Gasteiger partial charge in [-0.2, -0.15) is 5.10 Å². The number of aryl methyl sites for hydroxylation is 2. The highest BCUT2D eigenvalue weighted by Crippen LogP contribution is 2.46. The number of imidazole rings is 6. The summed E-state index contributed by atoms with van der Waals surface area (Å²) in [6, 6.07) is 55.9. The van der Waals surface area contributed by atoms with Crippen molar-refractivity contribution in [2.45, 2.75) is 160 Å². The molecule has 24 rings (SSSR count). The largest absolute Gasteiger partial charge is 0.464 e. The first kappa shape index (κ1) is 85.9. The molecule has 4 aliphatic heterocycles. The van der Waals surface area contributed by atoms with Crippen molar-refractivity contribution in [3.63, 3.8) is 0 Å². The fourth-order valence-corrected chi connectivity index (χ4v) is 19.7. The van der Waals surface area contributed by atoms with Crippen LogP contribution in [0.25, 0.3) is 197 Å². The average molecular weight is 1760 g/mol. The normalized spacial score (nSPS) is 14.2. The summed E-state index contributed by atoms with van der Waals surface area (Å²) in [6.07, 6.45) is 27.1. The molecule has 5 N–H and O–H groups in total. The zero-order chi connectivity index (χ0) is 92.5. The first-order valence-electron chi connectivity index (χ1n) is 47.4. The number of nitrogens with zero attached hydrogens (tertiary/aromatic N) is 13. The van der Waals surface area contributed by atoms with Gasteiger partial charge in [-0.15, -0.1) is 0 Å². The number of fused-ring (bicyclic) bond motifs is 24. The summed E-state index contributed by atoms with van der Waals surface area (Å²) in [5.74, 6) is 7.41. The molecule has 19 nitrogen and oxygen atoms in total. The summed E-state index contributed by atoms with van der Waals surface area (Å²) in [4.78, 5) is 63.7. The molecule has 0 aliphatic carbocycles. The first-order valence-corrected chi connectivity index (χ1v) is 47.4. The van der Waals surface area contributed by atoms with Crippen LogP contribution in [-0.2, 0) is 14.1 Å². The third-order valence-electron chi connectivity index (χ3n) is 27.6. The van der Waals surface area contributed by atoms with Gasteiger partial charge in [0.25, 0.3) is 0 Å². The quantitative estimate of drug-likeness (QED) is 0.0581. The van der Waals surface area contributed by atoms with Gasteiger partial charge in [-0.25, -0.2) is 29.9 Å². The molecule has 8 aromatic heterocycles. The minimum atomic E-state index is 0.367. The lowest BCUT2D eigenvalue weighted by Gasteiger charge is -2.12. The van der Waals surface area contributed by atoms with Crippen molar-refractivity contribution >= 4 is 175 Å². The maximum atomic E-state index is 6.02. The Bertz CT molecular complexity index is 7940. The van der Waals surface area contributed by atoms with E-state index in [0.717, 1.165) is 143 Å². The van der Waals surface area contributed by atoms with Crippen LogP contribution in [0, 0.1) is 23.7 Å². The van der Waals surface area contributed by atoms with Crippen LogP contribution in [0.15, 0.2) is 251 Å². The topological polar surface area (TPSA) is 242 Å². The molecule has 19 heteroatoms. The SMILES string of the molecule is CC(C)C1=NC=C(c2ccc3c(c2)c2ccoc2c2cc(-c4cnc(C(C)C)[nH]4)ccc32)C1.CC(C)C1=NC=C(c2ccc3c(c2)c2cnn(C)c2c2cc(-c4cnc(C(C)C)[nH]4)ccc32)C1.CC(C)C1=NC=C(c2ccc3c4ccc(-c5cnc(C(C)C)[nH]5)cc4c4c(ncn4C)c3c2)C1.CC(C)C1=NC=C(c2ccc3c4ccc(-c5cnc(C(C)C)[nH]5)cc4c4nc[nH]c4c3c2)C1. The fourth-order valence-electron chi connectivity index (χ4n) is 19.7. The Hall–Kier alpha value is -14.9. The number of aromatic amines is 5. The molecule has 12 heterocycles. The summed E-state index contributed by atoms with van der Waals surface area (Å²) in [5, 5.41) is 26.4. The molecule has 12 aromatic carbocycles. The lowest BCUT2D eigenvalue weighted by molar-refractivity contribution is 0.619. The van der Waals surface area contributed by atoms with Gasteiger partial charge in [-0.3, -0.25) is 24.7 Å².